The van der Waals surface area contributed by atoms with E-state index in [1.807, 2.05) is 6.07 Å². The molecule has 1 aliphatic rings. The first-order valence-corrected chi connectivity index (χ1v) is 5.92. The van der Waals surface area contributed by atoms with Crippen LogP contribution in [0.1, 0.15) is 16.9 Å². The minimum absolute atomic E-state index is 0.616. The molecule has 1 aromatic carbocycles. The summed E-state index contributed by atoms with van der Waals surface area (Å²) < 4.78 is 5.90. The fourth-order valence-electron chi connectivity index (χ4n) is 2.52. The standard InChI is InChI=1S/C14H16N2O/c1-9(15)7-13-11-8-16-6-5-10-3-2-4-12(17-13)14(10)11/h2-4,16H,1,5-8,15H2. The van der Waals surface area contributed by atoms with Gasteiger partial charge in [-0.2, -0.15) is 0 Å². The van der Waals surface area contributed by atoms with Gasteiger partial charge in [0.1, 0.15) is 11.3 Å². The summed E-state index contributed by atoms with van der Waals surface area (Å²) in [7, 11) is 0. The molecule has 1 aromatic heterocycles. The van der Waals surface area contributed by atoms with E-state index in [1.165, 1.54) is 16.5 Å². The van der Waals surface area contributed by atoms with Crippen LogP contribution in [0.15, 0.2) is 34.9 Å². The highest BCUT2D eigenvalue weighted by molar-refractivity contribution is 5.86. The molecule has 88 valence electrons. The molecule has 0 fully saturated rings. The molecule has 0 unspecified atom stereocenters. The molecule has 3 nitrogen and oxygen atoms in total. The Hall–Kier alpha value is -1.74. The molecule has 1 aliphatic heterocycles. The maximum atomic E-state index is 5.90. The first kappa shape index (κ1) is 10.4. The van der Waals surface area contributed by atoms with Crippen molar-refractivity contribution in [3.63, 3.8) is 0 Å². The number of benzene rings is 1. The summed E-state index contributed by atoms with van der Waals surface area (Å²) in [6, 6.07) is 6.25. The Labute approximate surface area is 100 Å². The fraction of sp³-hybridized carbons (Fsp3) is 0.286. The SMILES string of the molecule is C=C(N)Cc1oc2cccc3c2c1CNCC3. The minimum Gasteiger partial charge on any atom is -0.460 e. The fourth-order valence-corrected chi connectivity index (χ4v) is 2.52. The van der Waals surface area contributed by atoms with E-state index in [0.717, 1.165) is 30.9 Å². The van der Waals surface area contributed by atoms with Crippen molar-refractivity contribution in [1.29, 1.82) is 0 Å². The van der Waals surface area contributed by atoms with Crippen LogP contribution in [0.25, 0.3) is 11.0 Å². The zero-order valence-corrected chi connectivity index (χ0v) is 9.75. The first-order valence-electron chi connectivity index (χ1n) is 5.92. The molecule has 2 aromatic rings. The molecule has 0 spiro atoms. The van der Waals surface area contributed by atoms with Gasteiger partial charge in [-0.25, -0.2) is 0 Å². The number of allylic oxidation sites excluding steroid dienone is 1. The number of rotatable bonds is 2. The van der Waals surface area contributed by atoms with Gasteiger partial charge in [0.2, 0.25) is 0 Å². The van der Waals surface area contributed by atoms with Gasteiger partial charge in [-0.3, -0.25) is 0 Å². The molecule has 2 heterocycles. The third-order valence-corrected chi connectivity index (χ3v) is 3.24. The lowest BCUT2D eigenvalue weighted by Gasteiger charge is -2.01. The number of hydrogen-bond acceptors (Lipinski definition) is 3. The molecule has 0 saturated heterocycles. The summed E-state index contributed by atoms with van der Waals surface area (Å²) in [5.41, 5.74) is 9.92. The Balaban J connectivity index is 2.23. The van der Waals surface area contributed by atoms with E-state index >= 15 is 0 Å². The molecule has 17 heavy (non-hydrogen) atoms. The number of nitrogens with one attached hydrogen (secondary N) is 1. The Morgan fingerprint density at radius 3 is 3.18 bits per heavy atom. The van der Waals surface area contributed by atoms with Crippen molar-refractivity contribution in [3.8, 4) is 0 Å². The lowest BCUT2D eigenvalue weighted by Crippen LogP contribution is -2.14. The second-order valence-corrected chi connectivity index (χ2v) is 4.56. The van der Waals surface area contributed by atoms with Crippen molar-refractivity contribution in [1.82, 2.24) is 5.32 Å². The van der Waals surface area contributed by atoms with E-state index in [-0.39, 0.29) is 0 Å². The zero-order chi connectivity index (χ0) is 11.8. The average Bonchev–Trinajstić information content (AvgIpc) is 2.49. The van der Waals surface area contributed by atoms with Crippen molar-refractivity contribution < 1.29 is 4.42 Å². The van der Waals surface area contributed by atoms with Gasteiger partial charge < -0.3 is 15.5 Å². The van der Waals surface area contributed by atoms with E-state index in [2.05, 4.69) is 24.0 Å². The van der Waals surface area contributed by atoms with E-state index in [1.54, 1.807) is 0 Å². The quantitative estimate of drug-likeness (QED) is 0.827. The molecule has 0 atom stereocenters. The number of nitrogens with two attached hydrogens (primary N) is 1. The van der Waals surface area contributed by atoms with Gasteiger partial charge in [0.05, 0.1) is 0 Å². The molecule has 0 saturated carbocycles. The average molecular weight is 228 g/mol. The molecule has 0 aliphatic carbocycles. The van der Waals surface area contributed by atoms with Crippen LogP contribution in [0.2, 0.25) is 0 Å². The molecule has 0 amide bonds. The molecule has 0 radical (unpaired) electrons. The van der Waals surface area contributed by atoms with E-state index in [4.69, 9.17) is 10.2 Å². The highest BCUT2D eigenvalue weighted by Gasteiger charge is 2.18. The lowest BCUT2D eigenvalue weighted by molar-refractivity contribution is 0.547. The van der Waals surface area contributed by atoms with Gasteiger partial charge in [0.15, 0.2) is 0 Å². The Bertz CT molecular complexity index is 583. The Morgan fingerprint density at radius 2 is 2.35 bits per heavy atom. The van der Waals surface area contributed by atoms with Crippen LogP contribution in [0.4, 0.5) is 0 Å². The summed E-state index contributed by atoms with van der Waals surface area (Å²) in [5.74, 6) is 0.953. The molecule has 3 N–H and O–H groups in total. The molecular formula is C14H16N2O. The predicted molar refractivity (Wildman–Crippen MR) is 68.7 cm³/mol. The van der Waals surface area contributed by atoms with Crippen LogP contribution < -0.4 is 11.1 Å². The number of furan rings is 1. The normalized spacial score (nSPS) is 14.8. The molecule has 0 bridgehead atoms. The van der Waals surface area contributed by atoms with Gasteiger partial charge in [-0.15, -0.1) is 0 Å². The Kier molecular flexibility index (Phi) is 2.41. The highest BCUT2D eigenvalue weighted by Crippen LogP contribution is 2.31. The third kappa shape index (κ3) is 1.72. The monoisotopic (exact) mass is 228 g/mol. The summed E-state index contributed by atoms with van der Waals surface area (Å²) in [5, 5.41) is 4.70. The van der Waals surface area contributed by atoms with Gasteiger partial charge in [0, 0.05) is 29.6 Å². The third-order valence-electron chi connectivity index (χ3n) is 3.24. The second kappa shape index (κ2) is 3.93. The topological polar surface area (TPSA) is 51.2 Å². The van der Waals surface area contributed by atoms with Crippen LogP contribution >= 0.6 is 0 Å². The van der Waals surface area contributed by atoms with Crippen molar-refractivity contribution >= 4 is 11.0 Å². The number of hydrogen-bond donors (Lipinski definition) is 2. The van der Waals surface area contributed by atoms with Gasteiger partial charge in [-0.1, -0.05) is 18.7 Å². The second-order valence-electron chi connectivity index (χ2n) is 4.56. The maximum Gasteiger partial charge on any atom is 0.134 e. The van der Waals surface area contributed by atoms with Crippen molar-refractivity contribution in [2.45, 2.75) is 19.4 Å². The summed E-state index contributed by atoms with van der Waals surface area (Å²) in [6.07, 6.45) is 1.66. The van der Waals surface area contributed by atoms with E-state index in [0.29, 0.717) is 12.1 Å². The van der Waals surface area contributed by atoms with Crippen molar-refractivity contribution in [2.75, 3.05) is 6.54 Å². The highest BCUT2D eigenvalue weighted by atomic mass is 16.3. The lowest BCUT2D eigenvalue weighted by atomic mass is 10.0. The van der Waals surface area contributed by atoms with Crippen LogP contribution in [-0.4, -0.2) is 6.54 Å². The van der Waals surface area contributed by atoms with E-state index < -0.39 is 0 Å². The molecular weight excluding hydrogens is 212 g/mol. The predicted octanol–water partition coefficient (Wildman–Crippen LogP) is 2.09. The summed E-state index contributed by atoms with van der Waals surface area (Å²) in [4.78, 5) is 0. The zero-order valence-electron chi connectivity index (χ0n) is 9.75. The van der Waals surface area contributed by atoms with Crippen LogP contribution in [0, 0.1) is 0 Å². The minimum atomic E-state index is 0.616. The van der Waals surface area contributed by atoms with Gasteiger partial charge >= 0.3 is 0 Å². The van der Waals surface area contributed by atoms with Crippen LogP contribution in [0.3, 0.4) is 0 Å². The molecule has 3 heteroatoms. The van der Waals surface area contributed by atoms with Crippen LogP contribution in [-0.2, 0) is 19.4 Å². The summed E-state index contributed by atoms with van der Waals surface area (Å²) >= 11 is 0. The summed E-state index contributed by atoms with van der Waals surface area (Å²) in [6.45, 7) is 5.62. The Morgan fingerprint density at radius 1 is 1.47 bits per heavy atom. The first-order chi connectivity index (χ1) is 8.25. The van der Waals surface area contributed by atoms with E-state index in [9.17, 15) is 0 Å². The van der Waals surface area contributed by atoms with Gasteiger partial charge in [-0.05, 0) is 24.6 Å². The molecule has 3 rings (SSSR count). The smallest absolute Gasteiger partial charge is 0.134 e. The van der Waals surface area contributed by atoms with Crippen molar-refractivity contribution in [3.05, 3.63) is 47.4 Å². The van der Waals surface area contributed by atoms with Gasteiger partial charge in [0.25, 0.3) is 0 Å². The van der Waals surface area contributed by atoms with Crippen molar-refractivity contribution in [2.24, 2.45) is 5.73 Å². The van der Waals surface area contributed by atoms with Crippen LogP contribution in [0.5, 0.6) is 0 Å². The largest absolute Gasteiger partial charge is 0.460 e. The maximum absolute atomic E-state index is 5.90.